The van der Waals surface area contributed by atoms with Crippen molar-refractivity contribution in [1.82, 2.24) is 4.72 Å². The zero-order chi connectivity index (χ0) is 19.1. The zero-order valence-electron chi connectivity index (χ0n) is 15.0. The van der Waals surface area contributed by atoms with E-state index in [0.29, 0.717) is 0 Å². The Morgan fingerprint density at radius 1 is 0.889 bits per heavy atom. The molecule has 0 spiro atoms. The first-order valence-electron chi connectivity index (χ1n) is 8.51. The molecule has 0 saturated heterocycles. The van der Waals surface area contributed by atoms with Crippen LogP contribution in [0.4, 0.5) is 0 Å². The molecule has 0 aliphatic heterocycles. The van der Waals surface area contributed by atoms with Gasteiger partial charge in [0, 0.05) is 17.0 Å². The minimum absolute atomic E-state index is 0.190. The molecule has 27 heavy (non-hydrogen) atoms. The van der Waals surface area contributed by atoms with E-state index in [-0.39, 0.29) is 18.0 Å². The first-order valence-corrected chi connectivity index (χ1v) is 11.2. The van der Waals surface area contributed by atoms with E-state index in [1.165, 1.54) is 0 Å². The van der Waals surface area contributed by atoms with Crippen molar-refractivity contribution in [2.24, 2.45) is 0 Å². The number of benzene rings is 3. The van der Waals surface area contributed by atoms with Crippen molar-refractivity contribution in [3.8, 4) is 16.9 Å². The smallest absolute Gasteiger partial charge is 0.240 e. The van der Waals surface area contributed by atoms with E-state index in [1.54, 1.807) is 36.0 Å². The van der Waals surface area contributed by atoms with Crippen LogP contribution < -0.4 is 9.46 Å². The van der Waals surface area contributed by atoms with Crippen molar-refractivity contribution >= 4 is 21.8 Å². The molecule has 0 atom stereocenters. The van der Waals surface area contributed by atoms with Crippen LogP contribution in [0.2, 0.25) is 0 Å². The fourth-order valence-corrected chi connectivity index (χ4v) is 4.05. The first-order chi connectivity index (χ1) is 13.1. The van der Waals surface area contributed by atoms with Gasteiger partial charge in [-0.15, -0.1) is 11.8 Å². The number of para-hydroxylation sites is 1. The summed E-state index contributed by atoms with van der Waals surface area (Å²) >= 11 is 1.57. The van der Waals surface area contributed by atoms with Crippen LogP contribution in [0.15, 0.2) is 88.7 Å². The summed E-state index contributed by atoms with van der Waals surface area (Å²) in [6.07, 6.45) is 1.95. The Kier molecular flexibility index (Phi) is 6.55. The van der Waals surface area contributed by atoms with E-state index in [9.17, 15) is 8.42 Å². The van der Waals surface area contributed by atoms with Gasteiger partial charge in [-0.2, -0.15) is 0 Å². The Bertz CT molecular complexity index is 972. The molecule has 3 aromatic carbocycles. The number of thioether (sulfide) groups is 1. The summed E-state index contributed by atoms with van der Waals surface area (Å²) in [6.45, 7) is 0.432. The standard InChI is InChI=1S/C21H21NO3S2/c1-26-18-11-13-19(14-12-18)27(23,24)22-15-16-25-21-10-6-5-9-20(21)17-7-3-2-4-8-17/h2-14,22H,15-16H2,1H3. The maximum Gasteiger partial charge on any atom is 0.240 e. The molecule has 0 radical (unpaired) electrons. The van der Waals surface area contributed by atoms with Gasteiger partial charge in [0.15, 0.2) is 0 Å². The Labute approximate surface area is 164 Å². The van der Waals surface area contributed by atoms with Crippen LogP contribution in [0.1, 0.15) is 0 Å². The Balaban J connectivity index is 1.60. The molecule has 0 saturated carbocycles. The third kappa shape index (κ3) is 5.13. The fraction of sp³-hybridized carbons (Fsp3) is 0.143. The first kappa shape index (κ1) is 19.5. The lowest BCUT2D eigenvalue weighted by atomic mass is 10.1. The van der Waals surface area contributed by atoms with Gasteiger partial charge in [0.25, 0.3) is 0 Å². The second-order valence-corrected chi connectivity index (χ2v) is 8.43. The second-order valence-electron chi connectivity index (χ2n) is 5.78. The van der Waals surface area contributed by atoms with Crippen LogP contribution in [-0.2, 0) is 10.0 Å². The predicted octanol–water partition coefficient (Wildman–Crippen LogP) is 4.43. The van der Waals surface area contributed by atoms with Crippen LogP contribution in [0.25, 0.3) is 11.1 Å². The van der Waals surface area contributed by atoms with Gasteiger partial charge >= 0.3 is 0 Å². The maximum absolute atomic E-state index is 12.4. The van der Waals surface area contributed by atoms with Gasteiger partial charge in [-0.3, -0.25) is 0 Å². The maximum atomic E-state index is 12.4. The molecule has 3 aromatic rings. The van der Waals surface area contributed by atoms with E-state index in [4.69, 9.17) is 4.74 Å². The van der Waals surface area contributed by atoms with Gasteiger partial charge in [-0.05, 0) is 42.2 Å². The van der Waals surface area contributed by atoms with Crippen LogP contribution in [-0.4, -0.2) is 27.8 Å². The molecule has 140 valence electrons. The minimum Gasteiger partial charge on any atom is -0.492 e. The van der Waals surface area contributed by atoms with Crippen molar-refractivity contribution in [2.45, 2.75) is 9.79 Å². The number of ether oxygens (including phenoxy) is 1. The van der Waals surface area contributed by atoms with Gasteiger partial charge in [-0.25, -0.2) is 13.1 Å². The van der Waals surface area contributed by atoms with Crippen molar-refractivity contribution in [3.05, 3.63) is 78.9 Å². The van der Waals surface area contributed by atoms with Crippen LogP contribution in [0.3, 0.4) is 0 Å². The number of nitrogens with one attached hydrogen (secondary N) is 1. The van der Waals surface area contributed by atoms with Crippen molar-refractivity contribution < 1.29 is 13.2 Å². The summed E-state index contributed by atoms with van der Waals surface area (Å²) in [7, 11) is -3.54. The number of hydrogen-bond acceptors (Lipinski definition) is 4. The van der Waals surface area contributed by atoms with Crippen molar-refractivity contribution in [3.63, 3.8) is 0 Å². The average molecular weight is 400 g/mol. The summed E-state index contributed by atoms with van der Waals surface area (Å²) in [5.74, 6) is 0.729. The molecule has 0 amide bonds. The highest BCUT2D eigenvalue weighted by Gasteiger charge is 2.13. The normalized spacial score (nSPS) is 11.3. The highest BCUT2D eigenvalue weighted by molar-refractivity contribution is 7.98. The summed E-state index contributed by atoms with van der Waals surface area (Å²) in [5.41, 5.74) is 2.04. The minimum atomic E-state index is -3.54. The second kappa shape index (κ2) is 9.08. The van der Waals surface area contributed by atoms with Crippen molar-refractivity contribution in [2.75, 3.05) is 19.4 Å². The van der Waals surface area contributed by atoms with Crippen LogP contribution in [0, 0.1) is 0 Å². The SMILES string of the molecule is CSc1ccc(S(=O)(=O)NCCOc2ccccc2-c2ccccc2)cc1. The lowest BCUT2D eigenvalue weighted by Crippen LogP contribution is -2.28. The van der Waals surface area contributed by atoms with Gasteiger partial charge in [0.1, 0.15) is 12.4 Å². The molecule has 0 aliphatic rings. The average Bonchev–Trinajstić information content (AvgIpc) is 2.72. The zero-order valence-corrected chi connectivity index (χ0v) is 16.6. The lowest BCUT2D eigenvalue weighted by Gasteiger charge is -2.12. The molecule has 4 nitrogen and oxygen atoms in total. The Hall–Kier alpha value is -2.28. The topological polar surface area (TPSA) is 55.4 Å². The highest BCUT2D eigenvalue weighted by atomic mass is 32.2. The molecule has 0 aromatic heterocycles. The molecule has 0 bridgehead atoms. The Morgan fingerprint density at radius 2 is 1.56 bits per heavy atom. The highest BCUT2D eigenvalue weighted by Crippen LogP contribution is 2.29. The molecular weight excluding hydrogens is 378 g/mol. The summed E-state index contributed by atoms with van der Waals surface area (Å²) in [5, 5.41) is 0. The third-order valence-electron chi connectivity index (χ3n) is 3.99. The third-order valence-corrected chi connectivity index (χ3v) is 6.21. The molecule has 0 unspecified atom stereocenters. The lowest BCUT2D eigenvalue weighted by molar-refractivity contribution is 0.324. The Morgan fingerprint density at radius 3 is 2.26 bits per heavy atom. The van der Waals surface area contributed by atoms with E-state index in [0.717, 1.165) is 21.8 Å². The summed E-state index contributed by atoms with van der Waals surface area (Å²) < 4.78 is 33.1. The van der Waals surface area contributed by atoms with Gasteiger partial charge < -0.3 is 4.74 Å². The van der Waals surface area contributed by atoms with Gasteiger partial charge in [-0.1, -0.05) is 48.5 Å². The number of rotatable bonds is 8. The molecule has 0 fully saturated rings. The largest absolute Gasteiger partial charge is 0.492 e. The molecule has 6 heteroatoms. The molecule has 0 aliphatic carbocycles. The van der Waals surface area contributed by atoms with Crippen LogP contribution in [0.5, 0.6) is 5.75 Å². The predicted molar refractivity (Wildman–Crippen MR) is 111 cm³/mol. The molecule has 3 rings (SSSR count). The molecular formula is C21H21NO3S2. The van der Waals surface area contributed by atoms with Gasteiger partial charge in [0.2, 0.25) is 10.0 Å². The fourth-order valence-electron chi connectivity index (χ4n) is 2.62. The quantitative estimate of drug-likeness (QED) is 0.450. The van der Waals surface area contributed by atoms with Crippen molar-refractivity contribution in [1.29, 1.82) is 0 Å². The van der Waals surface area contributed by atoms with Gasteiger partial charge in [0.05, 0.1) is 4.90 Å². The molecule has 0 heterocycles. The molecule has 1 N–H and O–H groups in total. The van der Waals surface area contributed by atoms with E-state index >= 15 is 0 Å². The monoisotopic (exact) mass is 399 g/mol. The van der Waals surface area contributed by atoms with E-state index in [2.05, 4.69) is 4.72 Å². The van der Waals surface area contributed by atoms with E-state index < -0.39 is 10.0 Å². The van der Waals surface area contributed by atoms with Crippen LogP contribution >= 0.6 is 11.8 Å². The number of hydrogen-bond donors (Lipinski definition) is 1. The van der Waals surface area contributed by atoms with E-state index in [1.807, 2.05) is 60.9 Å². The number of sulfonamides is 1. The summed E-state index contributed by atoms with van der Waals surface area (Å²) in [6, 6.07) is 24.5. The summed E-state index contributed by atoms with van der Waals surface area (Å²) in [4.78, 5) is 1.28.